The minimum Gasteiger partial charge on any atom is -0.494 e. The second-order valence-electron chi connectivity index (χ2n) is 6.87. The summed E-state index contributed by atoms with van der Waals surface area (Å²) >= 11 is 6.00. The van der Waals surface area contributed by atoms with Gasteiger partial charge in [-0.25, -0.2) is 13.2 Å². The number of ether oxygens (including phenoxy) is 2. The van der Waals surface area contributed by atoms with Crippen molar-refractivity contribution in [1.82, 2.24) is 15.2 Å². The van der Waals surface area contributed by atoms with Crippen LogP contribution in [0.4, 0.5) is 24.5 Å². The van der Waals surface area contributed by atoms with Crippen molar-refractivity contribution in [3.63, 3.8) is 0 Å². The van der Waals surface area contributed by atoms with Gasteiger partial charge < -0.3 is 14.8 Å². The number of benzene rings is 2. The molecule has 10 heteroatoms. The summed E-state index contributed by atoms with van der Waals surface area (Å²) in [7, 11) is 0. The molecule has 0 atom stereocenters. The molecule has 0 spiro atoms. The summed E-state index contributed by atoms with van der Waals surface area (Å²) in [5.41, 5.74) is 1.75. The van der Waals surface area contributed by atoms with E-state index in [1.807, 2.05) is 13.0 Å². The first-order valence-electron chi connectivity index (χ1n) is 9.97. The van der Waals surface area contributed by atoms with Gasteiger partial charge in [0.15, 0.2) is 6.61 Å². The largest absolute Gasteiger partial charge is 0.494 e. The highest BCUT2D eigenvalue weighted by Gasteiger charge is 2.16. The first-order valence-corrected chi connectivity index (χ1v) is 10.3. The first-order chi connectivity index (χ1) is 15.9. The van der Waals surface area contributed by atoms with Crippen molar-refractivity contribution in [3.05, 3.63) is 65.6 Å². The maximum atomic E-state index is 14.4. The fraction of sp³-hybridized carbons (Fsp3) is 0.174. The van der Waals surface area contributed by atoms with Crippen LogP contribution in [0.3, 0.4) is 0 Å². The lowest BCUT2D eigenvalue weighted by molar-refractivity contribution is 0.0795. The molecular weight excluding hydrogens is 457 g/mol. The molecule has 0 radical (unpaired) electrons. The van der Waals surface area contributed by atoms with Gasteiger partial charge in [0.1, 0.15) is 17.3 Å². The van der Waals surface area contributed by atoms with Gasteiger partial charge in [-0.15, -0.1) is 10.2 Å². The number of hydrogen-bond donors (Lipinski definition) is 1. The smallest absolute Gasteiger partial charge is 0.272 e. The molecule has 0 fully saturated rings. The van der Waals surface area contributed by atoms with Gasteiger partial charge in [-0.05, 0) is 49.4 Å². The zero-order chi connectivity index (χ0) is 23.4. The molecular formula is C23H18ClF3N4O2. The SMILES string of the molecule is CCOc1ccc2c(Nc3cc(-c4cc(Cl)ccc4F)nnc3OCC(F)F)ccnc2c1. The maximum Gasteiger partial charge on any atom is 0.272 e. The van der Waals surface area contributed by atoms with E-state index in [1.54, 1.807) is 24.4 Å². The Kier molecular flexibility index (Phi) is 6.79. The number of rotatable bonds is 8. The third kappa shape index (κ3) is 5.25. The Morgan fingerprint density at radius 2 is 1.85 bits per heavy atom. The summed E-state index contributed by atoms with van der Waals surface area (Å²) in [4.78, 5) is 4.35. The minimum atomic E-state index is -2.71. The van der Waals surface area contributed by atoms with Gasteiger partial charge in [-0.2, -0.15) is 0 Å². The molecule has 4 aromatic rings. The molecule has 1 N–H and O–H groups in total. The molecule has 0 aliphatic carbocycles. The number of anilines is 2. The van der Waals surface area contributed by atoms with Crippen LogP contribution < -0.4 is 14.8 Å². The Morgan fingerprint density at radius 3 is 2.64 bits per heavy atom. The second-order valence-corrected chi connectivity index (χ2v) is 7.31. The highest BCUT2D eigenvalue weighted by Crippen LogP contribution is 2.34. The summed E-state index contributed by atoms with van der Waals surface area (Å²) in [5.74, 6) is -0.0454. The Hall–Kier alpha value is -3.59. The monoisotopic (exact) mass is 474 g/mol. The summed E-state index contributed by atoms with van der Waals surface area (Å²) in [6, 6.07) is 12.6. The van der Waals surface area contributed by atoms with E-state index >= 15 is 0 Å². The van der Waals surface area contributed by atoms with Gasteiger partial charge in [0.2, 0.25) is 0 Å². The van der Waals surface area contributed by atoms with Gasteiger partial charge in [-0.3, -0.25) is 4.98 Å². The Morgan fingerprint density at radius 1 is 1.00 bits per heavy atom. The van der Waals surface area contributed by atoms with E-state index in [0.717, 1.165) is 5.39 Å². The third-order valence-electron chi connectivity index (χ3n) is 4.60. The van der Waals surface area contributed by atoms with Crippen LogP contribution in [0.15, 0.2) is 54.7 Å². The lowest BCUT2D eigenvalue weighted by Crippen LogP contribution is -2.10. The molecule has 0 amide bonds. The molecule has 0 unspecified atom stereocenters. The highest BCUT2D eigenvalue weighted by atomic mass is 35.5. The normalized spacial score (nSPS) is 11.1. The zero-order valence-electron chi connectivity index (χ0n) is 17.4. The number of nitrogens with zero attached hydrogens (tertiary/aromatic N) is 3. The lowest BCUT2D eigenvalue weighted by Gasteiger charge is -2.15. The topological polar surface area (TPSA) is 69.2 Å². The molecule has 0 saturated carbocycles. The van der Waals surface area contributed by atoms with Crippen molar-refractivity contribution >= 4 is 33.9 Å². The van der Waals surface area contributed by atoms with Crippen LogP contribution in [0, 0.1) is 5.82 Å². The van der Waals surface area contributed by atoms with Gasteiger partial charge in [0.05, 0.1) is 17.8 Å². The average molecular weight is 475 g/mol. The van der Waals surface area contributed by atoms with E-state index in [4.69, 9.17) is 21.1 Å². The van der Waals surface area contributed by atoms with E-state index in [9.17, 15) is 13.2 Å². The average Bonchev–Trinajstić information content (AvgIpc) is 2.80. The molecule has 6 nitrogen and oxygen atoms in total. The van der Waals surface area contributed by atoms with Gasteiger partial charge in [0.25, 0.3) is 12.3 Å². The summed E-state index contributed by atoms with van der Waals surface area (Å²) in [6.07, 6.45) is -1.12. The molecule has 0 saturated heterocycles. The maximum absolute atomic E-state index is 14.4. The number of halogens is 4. The molecule has 0 bridgehead atoms. The summed E-state index contributed by atoms with van der Waals surface area (Å²) in [5, 5.41) is 12.0. The number of pyridine rings is 1. The predicted octanol–water partition coefficient (Wildman–Crippen LogP) is 6.27. The van der Waals surface area contributed by atoms with Gasteiger partial charge >= 0.3 is 0 Å². The van der Waals surface area contributed by atoms with Crippen LogP contribution in [0.5, 0.6) is 11.6 Å². The molecule has 2 aromatic heterocycles. The van der Waals surface area contributed by atoms with Gasteiger partial charge in [-0.1, -0.05) is 11.6 Å². The van der Waals surface area contributed by atoms with E-state index in [-0.39, 0.29) is 22.8 Å². The molecule has 33 heavy (non-hydrogen) atoms. The summed E-state index contributed by atoms with van der Waals surface area (Å²) < 4.78 is 50.5. The fourth-order valence-electron chi connectivity index (χ4n) is 3.18. The quantitative estimate of drug-likeness (QED) is 0.324. The standard InChI is InChI=1S/C23H18ClF3N4O2/c1-2-32-14-4-5-15-18(7-8-28-19(15)10-14)29-21-11-20(16-9-13(24)3-6-17(16)25)30-31-23(21)33-12-22(26)27/h3-11,22H,2,12H2,1H3,(H,28,29,30). The van der Waals surface area contributed by atoms with E-state index in [0.29, 0.717) is 28.6 Å². The molecule has 4 rings (SSSR count). The fourth-order valence-corrected chi connectivity index (χ4v) is 3.35. The molecule has 2 aromatic carbocycles. The number of aromatic nitrogens is 3. The van der Waals surface area contributed by atoms with Crippen molar-refractivity contribution in [2.75, 3.05) is 18.5 Å². The van der Waals surface area contributed by atoms with Crippen LogP contribution in [-0.4, -0.2) is 34.8 Å². The predicted molar refractivity (Wildman–Crippen MR) is 120 cm³/mol. The Bertz CT molecular complexity index is 1290. The molecule has 170 valence electrons. The number of alkyl halides is 2. The second kappa shape index (κ2) is 9.91. The van der Waals surface area contributed by atoms with Crippen molar-refractivity contribution in [3.8, 4) is 22.9 Å². The lowest BCUT2D eigenvalue weighted by atomic mass is 10.1. The van der Waals surface area contributed by atoms with E-state index < -0.39 is 18.8 Å². The van der Waals surface area contributed by atoms with Crippen LogP contribution in [0.25, 0.3) is 22.2 Å². The van der Waals surface area contributed by atoms with E-state index in [1.165, 1.54) is 24.3 Å². The molecule has 0 aliphatic rings. The van der Waals surface area contributed by atoms with Crippen LogP contribution in [0.2, 0.25) is 5.02 Å². The van der Waals surface area contributed by atoms with Crippen LogP contribution in [-0.2, 0) is 0 Å². The summed E-state index contributed by atoms with van der Waals surface area (Å²) in [6.45, 7) is 1.52. The number of nitrogens with one attached hydrogen (secondary N) is 1. The van der Waals surface area contributed by atoms with Crippen molar-refractivity contribution in [2.45, 2.75) is 13.3 Å². The Labute approximate surface area is 192 Å². The van der Waals surface area contributed by atoms with Crippen LogP contribution in [0.1, 0.15) is 6.92 Å². The Balaban J connectivity index is 1.77. The van der Waals surface area contributed by atoms with Crippen molar-refractivity contribution in [1.29, 1.82) is 0 Å². The van der Waals surface area contributed by atoms with Gasteiger partial charge in [0, 0.05) is 33.9 Å². The highest BCUT2D eigenvalue weighted by molar-refractivity contribution is 6.30. The number of hydrogen-bond acceptors (Lipinski definition) is 6. The number of fused-ring (bicyclic) bond motifs is 1. The van der Waals surface area contributed by atoms with Crippen molar-refractivity contribution < 1.29 is 22.6 Å². The minimum absolute atomic E-state index is 0.111. The van der Waals surface area contributed by atoms with E-state index in [2.05, 4.69) is 20.5 Å². The molecule has 0 aliphatic heterocycles. The van der Waals surface area contributed by atoms with Crippen molar-refractivity contribution in [2.24, 2.45) is 0 Å². The third-order valence-corrected chi connectivity index (χ3v) is 4.84. The molecule has 2 heterocycles. The zero-order valence-corrected chi connectivity index (χ0v) is 18.1. The van der Waals surface area contributed by atoms with Crippen LogP contribution >= 0.6 is 11.6 Å². The first kappa shape index (κ1) is 22.6.